The first-order valence-corrected chi connectivity index (χ1v) is 16.0. The number of hydrogen-bond donors (Lipinski definition) is 1. The molecule has 2 atom stereocenters. The molecule has 2 unspecified atom stereocenters. The fourth-order valence-electron chi connectivity index (χ4n) is 4.80. The second kappa shape index (κ2) is 13.7. The Morgan fingerprint density at radius 1 is 0.952 bits per heavy atom. The van der Waals surface area contributed by atoms with Crippen LogP contribution in [-0.2, 0) is 32.6 Å². The second-order valence-corrected chi connectivity index (χ2v) is 12.9. The maximum Gasteiger partial charge on any atom is 0.269 e. The van der Waals surface area contributed by atoms with Crippen molar-refractivity contribution in [2.75, 3.05) is 6.54 Å². The first-order chi connectivity index (χ1) is 20.0. The SMILES string of the molecule is CCC(C)NC(=O)C(Cc1ccccc1)N(Cc1ccc(Cl)c(Cl)c1)C(=O)CCCN1C(=O)c2ccccc2S1(=O)=O. The van der Waals surface area contributed by atoms with Gasteiger partial charge in [0.15, 0.2) is 0 Å². The minimum absolute atomic E-state index is 0.0350. The minimum atomic E-state index is -3.99. The smallest absolute Gasteiger partial charge is 0.269 e. The van der Waals surface area contributed by atoms with Gasteiger partial charge in [-0.05, 0) is 55.2 Å². The lowest BCUT2D eigenvalue weighted by Crippen LogP contribution is -2.52. The van der Waals surface area contributed by atoms with Crippen LogP contribution < -0.4 is 5.32 Å². The molecular weight excluding hydrogens is 597 g/mol. The molecule has 0 fully saturated rings. The molecule has 3 aromatic rings. The second-order valence-electron chi connectivity index (χ2n) is 10.3. The van der Waals surface area contributed by atoms with E-state index >= 15 is 0 Å². The van der Waals surface area contributed by atoms with Crippen LogP contribution >= 0.6 is 23.2 Å². The Morgan fingerprint density at radius 3 is 2.31 bits per heavy atom. The topological polar surface area (TPSA) is 104 Å². The van der Waals surface area contributed by atoms with Crippen LogP contribution in [0.15, 0.2) is 77.7 Å². The predicted octanol–water partition coefficient (Wildman–Crippen LogP) is 5.47. The highest BCUT2D eigenvalue weighted by atomic mass is 35.5. The highest BCUT2D eigenvalue weighted by Gasteiger charge is 2.40. The van der Waals surface area contributed by atoms with E-state index in [0.717, 1.165) is 9.87 Å². The molecule has 0 bridgehead atoms. The van der Waals surface area contributed by atoms with Crippen LogP contribution in [0.4, 0.5) is 0 Å². The van der Waals surface area contributed by atoms with Crippen LogP contribution in [0.3, 0.4) is 0 Å². The monoisotopic (exact) mass is 629 g/mol. The van der Waals surface area contributed by atoms with E-state index in [9.17, 15) is 22.8 Å². The maximum atomic E-state index is 13.9. The van der Waals surface area contributed by atoms with E-state index in [0.29, 0.717) is 22.0 Å². The number of hydrogen-bond acceptors (Lipinski definition) is 5. The third kappa shape index (κ3) is 7.14. The van der Waals surface area contributed by atoms with Gasteiger partial charge in [0, 0.05) is 32.0 Å². The van der Waals surface area contributed by atoms with Crippen molar-refractivity contribution in [1.82, 2.24) is 14.5 Å². The van der Waals surface area contributed by atoms with Gasteiger partial charge in [-0.1, -0.05) is 78.7 Å². The largest absolute Gasteiger partial charge is 0.352 e. The van der Waals surface area contributed by atoms with E-state index in [1.165, 1.54) is 17.0 Å². The van der Waals surface area contributed by atoms with Crippen LogP contribution in [0.1, 0.15) is 54.6 Å². The summed E-state index contributed by atoms with van der Waals surface area (Å²) in [5.41, 5.74) is 1.68. The van der Waals surface area contributed by atoms with Gasteiger partial charge >= 0.3 is 0 Å². The summed E-state index contributed by atoms with van der Waals surface area (Å²) >= 11 is 12.4. The summed E-state index contributed by atoms with van der Waals surface area (Å²) in [5, 5.41) is 3.70. The van der Waals surface area contributed by atoms with Crippen molar-refractivity contribution in [3.8, 4) is 0 Å². The summed E-state index contributed by atoms with van der Waals surface area (Å²) in [6.45, 7) is 3.77. The Kier molecular flexibility index (Phi) is 10.3. The van der Waals surface area contributed by atoms with E-state index in [2.05, 4.69) is 5.32 Å². The fourth-order valence-corrected chi connectivity index (χ4v) is 6.73. The van der Waals surface area contributed by atoms with Gasteiger partial charge in [-0.3, -0.25) is 14.4 Å². The molecule has 222 valence electrons. The molecule has 11 heteroatoms. The summed E-state index contributed by atoms with van der Waals surface area (Å²) < 4.78 is 26.8. The zero-order chi connectivity index (χ0) is 30.4. The highest BCUT2D eigenvalue weighted by molar-refractivity contribution is 7.90. The Morgan fingerprint density at radius 2 is 1.64 bits per heavy atom. The average Bonchev–Trinajstić information content (AvgIpc) is 3.17. The summed E-state index contributed by atoms with van der Waals surface area (Å²) in [6, 6.07) is 19.5. The van der Waals surface area contributed by atoms with Crippen LogP contribution in [0, 0.1) is 0 Å². The first kappa shape index (κ1) is 31.5. The third-order valence-electron chi connectivity index (χ3n) is 7.27. The zero-order valence-electron chi connectivity index (χ0n) is 23.4. The van der Waals surface area contributed by atoms with Gasteiger partial charge in [0.25, 0.3) is 15.9 Å². The van der Waals surface area contributed by atoms with Crippen molar-refractivity contribution < 1.29 is 22.8 Å². The van der Waals surface area contributed by atoms with Gasteiger partial charge in [-0.15, -0.1) is 0 Å². The molecule has 0 spiro atoms. The Labute approximate surface area is 256 Å². The van der Waals surface area contributed by atoms with E-state index in [-0.39, 0.29) is 60.7 Å². The fraction of sp³-hybridized carbons (Fsp3) is 0.323. The molecular formula is C31H33Cl2N3O5S. The molecule has 3 aromatic carbocycles. The molecule has 0 aromatic heterocycles. The molecule has 8 nitrogen and oxygen atoms in total. The van der Waals surface area contributed by atoms with E-state index in [1.807, 2.05) is 44.2 Å². The van der Waals surface area contributed by atoms with Gasteiger partial charge in [-0.2, -0.15) is 0 Å². The molecule has 1 N–H and O–H groups in total. The van der Waals surface area contributed by atoms with Crippen LogP contribution in [0.2, 0.25) is 10.0 Å². The number of fused-ring (bicyclic) bond motifs is 1. The van der Waals surface area contributed by atoms with Crippen LogP contribution in [-0.4, -0.2) is 54.0 Å². The number of nitrogens with zero attached hydrogens (tertiary/aromatic N) is 2. The number of halogens is 2. The zero-order valence-corrected chi connectivity index (χ0v) is 25.8. The van der Waals surface area contributed by atoms with Gasteiger partial charge in [0.1, 0.15) is 10.9 Å². The number of sulfonamides is 1. The minimum Gasteiger partial charge on any atom is -0.352 e. The van der Waals surface area contributed by atoms with Crippen molar-refractivity contribution in [2.24, 2.45) is 0 Å². The lowest BCUT2D eigenvalue weighted by molar-refractivity contribution is -0.141. The number of rotatable bonds is 12. The number of carbonyl (C=O) groups is 3. The van der Waals surface area contributed by atoms with Crippen molar-refractivity contribution in [1.29, 1.82) is 0 Å². The molecule has 0 saturated carbocycles. The number of carbonyl (C=O) groups excluding carboxylic acids is 3. The quantitative estimate of drug-likeness (QED) is 0.286. The van der Waals surface area contributed by atoms with Gasteiger partial charge < -0.3 is 10.2 Å². The summed E-state index contributed by atoms with van der Waals surface area (Å²) in [7, 11) is -3.99. The molecule has 4 rings (SSSR count). The Balaban J connectivity index is 1.59. The van der Waals surface area contributed by atoms with E-state index in [4.69, 9.17) is 23.2 Å². The van der Waals surface area contributed by atoms with Crippen molar-refractivity contribution >= 4 is 50.9 Å². The number of benzene rings is 3. The van der Waals surface area contributed by atoms with Crippen molar-refractivity contribution in [3.63, 3.8) is 0 Å². The maximum absolute atomic E-state index is 13.9. The van der Waals surface area contributed by atoms with Gasteiger partial charge in [0.2, 0.25) is 11.8 Å². The Bertz CT molecular complexity index is 1570. The number of nitrogens with one attached hydrogen (secondary N) is 1. The lowest BCUT2D eigenvalue weighted by atomic mass is 10.0. The van der Waals surface area contributed by atoms with Gasteiger partial charge in [0.05, 0.1) is 15.6 Å². The summed E-state index contributed by atoms with van der Waals surface area (Å²) in [5.74, 6) is -1.27. The van der Waals surface area contributed by atoms with Gasteiger partial charge in [-0.25, -0.2) is 12.7 Å². The predicted molar refractivity (Wildman–Crippen MR) is 163 cm³/mol. The van der Waals surface area contributed by atoms with Crippen LogP contribution in [0.25, 0.3) is 0 Å². The average molecular weight is 631 g/mol. The molecule has 1 aliphatic rings. The van der Waals surface area contributed by atoms with E-state index in [1.54, 1.807) is 30.3 Å². The van der Waals surface area contributed by atoms with E-state index < -0.39 is 22.0 Å². The molecule has 0 radical (unpaired) electrons. The highest BCUT2D eigenvalue weighted by Crippen LogP contribution is 2.30. The van der Waals surface area contributed by atoms with Crippen molar-refractivity contribution in [3.05, 3.63) is 99.5 Å². The number of amides is 3. The molecule has 3 amide bonds. The summed E-state index contributed by atoms with van der Waals surface area (Å²) in [4.78, 5) is 41.8. The third-order valence-corrected chi connectivity index (χ3v) is 9.85. The van der Waals surface area contributed by atoms with Crippen LogP contribution in [0.5, 0.6) is 0 Å². The lowest BCUT2D eigenvalue weighted by Gasteiger charge is -2.32. The molecule has 1 heterocycles. The molecule has 0 aliphatic carbocycles. The first-order valence-electron chi connectivity index (χ1n) is 13.8. The summed E-state index contributed by atoms with van der Waals surface area (Å²) in [6.07, 6.45) is 0.981. The normalized spacial score (nSPS) is 15.1. The van der Waals surface area contributed by atoms with Crippen molar-refractivity contribution in [2.45, 2.75) is 63.1 Å². The molecule has 42 heavy (non-hydrogen) atoms. The molecule has 0 saturated heterocycles. The Hall–Kier alpha value is -3.40. The molecule has 1 aliphatic heterocycles. The standard InChI is InChI=1S/C31H33Cl2N3O5S/c1-3-21(2)34-30(38)27(19-22-10-5-4-6-11-22)35(20-23-15-16-25(32)26(33)18-23)29(37)14-9-17-36-31(39)24-12-7-8-13-28(24)42(36,40)41/h4-8,10-13,15-16,18,21,27H,3,9,14,17,19-20H2,1-2H3,(H,34,38).